The van der Waals surface area contributed by atoms with E-state index in [1.54, 1.807) is 9.80 Å². The largest absolute Gasteiger partial charge is 0.573 e. The van der Waals surface area contributed by atoms with Gasteiger partial charge in [-0.05, 0) is 18.6 Å². The second-order valence-electron chi connectivity index (χ2n) is 8.27. The van der Waals surface area contributed by atoms with Crippen molar-refractivity contribution in [3.05, 3.63) is 24.3 Å². The Morgan fingerprint density at radius 2 is 1.81 bits per heavy atom. The Hall–Kier alpha value is -2.54. The quantitative estimate of drug-likeness (QED) is 0.712. The van der Waals surface area contributed by atoms with Gasteiger partial charge in [0.15, 0.2) is 0 Å². The number of rotatable bonds is 4. The minimum atomic E-state index is -4.92. The zero-order valence-electron chi connectivity index (χ0n) is 16.3. The van der Waals surface area contributed by atoms with Crippen molar-refractivity contribution in [1.82, 2.24) is 14.1 Å². The zero-order valence-corrected chi connectivity index (χ0v) is 17.2. The SMILES string of the molecule is NC(=O)[C@H]1CCN(C(=O)N2CC3(C2)CN(S(=O)(=O)c2cccc(OC(F)(F)F)c2)C3)C1. The van der Waals surface area contributed by atoms with Crippen molar-refractivity contribution >= 4 is 22.0 Å². The van der Waals surface area contributed by atoms with Crippen LogP contribution in [0.15, 0.2) is 29.2 Å². The van der Waals surface area contributed by atoms with Crippen molar-refractivity contribution in [1.29, 1.82) is 0 Å². The van der Waals surface area contributed by atoms with E-state index in [0.717, 1.165) is 12.1 Å². The number of alkyl halides is 3. The molecule has 13 heteroatoms. The summed E-state index contributed by atoms with van der Waals surface area (Å²) in [6.07, 6.45) is -4.39. The fraction of sp³-hybridized carbons (Fsp3) is 0.556. The molecule has 3 amide bonds. The first-order chi connectivity index (χ1) is 14.4. The van der Waals surface area contributed by atoms with Crippen molar-refractivity contribution in [3.8, 4) is 5.75 Å². The molecule has 1 aromatic rings. The lowest BCUT2D eigenvalue weighted by Gasteiger charge is -2.59. The monoisotopic (exact) mass is 462 g/mol. The normalized spacial score (nSPS) is 23.4. The molecule has 3 saturated heterocycles. The van der Waals surface area contributed by atoms with Crippen LogP contribution in [0.3, 0.4) is 0 Å². The number of carbonyl (C=O) groups excluding carboxylic acids is 2. The average molecular weight is 462 g/mol. The molecule has 3 heterocycles. The van der Waals surface area contributed by atoms with Gasteiger partial charge in [0.25, 0.3) is 0 Å². The summed E-state index contributed by atoms with van der Waals surface area (Å²) in [5, 5.41) is 0. The van der Waals surface area contributed by atoms with Gasteiger partial charge in [0, 0.05) is 50.7 Å². The Morgan fingerprint density at radius 1 is 1.13 bits per heavy atom. The summed E-state index contributed by atoms with van der Waals surface area (Å²) >= 11 is 0. The van der Waals surface area contributed by atoms with Gasteiger partial charge in [-0.15, -0.1) is 13.2 Å². The van der Waals surface area contributed by atoms with Crippen molar-refractivity contribution in [2.45, 2.75) is 17.7 Å². The first-order valence-electron chi connectivity index (χ1n) is 9.58. The molecule has 0 saturated carbocycles. The molecule has 4 rings (SSSR count). The van der Waals surface area contributed by atoms with E-state index in [0.29, 0.717) is 26.1 Å². The first kappa shape index (κ1) is 21.7. The predicted molar refractivity (Wildman–Crippen MR) is 100 cm³/mol. The Labute approximate surface area is 176 Å². The zero-order chi connectivity index (χ0) is 22.6. The molecule has 3 aliphatic rings. The molecule has 3 fully saturated rings. The molecule has 0 unspecified atom stereocenters. The number of amides is 3. The highest BCUT2D eigenvalue weighted by atomic mass is 32.2. The van der Waals surface area contributed by atoms with E-state index in [9.17, 15) is 31.2 Å². The van der Waals surface area contributed by atoms with Crippen molar-refractivity contribution in [2.75, 3.05) is 39.3 Å². The minimum absolute atomic E-state index is 0.174. The van der Waals surface area contributed by atoms with Gasteiger partial charge in [0.1, 0.15) is 5.75 Å². The fourth-order valence-electron chi connectivity index (χ4n) is 4.32. The molecule has 170 valence electrons. The average Bonchev–Trinajstić information content (AvgIpc) is 3.08. The smallest absolute Gasteiger partial charge is 0.406 e. The third kappa shape index (κ3) is 4.15. The molecule has 0 bridgehead atoms. The van der Waals surface area contributed by atoms with Gasteiger partial charge in [0.2, 0.25) is 15.9 Å². The van der Waals surface area contributed by atoms with Crippen LogP contribution < -0.4 is 10.5 Å². The summed E-state index contributed by atoms with van der Waals surface area (Å²) < 4.78 is 67.6. The standard InChI is InChI=1S/C18H21F3N4O5S/c19-18(20,21)30-13-2-1-3-14(6-13)31(28,29)25-10-17(11-25)8-24(9-17)16(27)23-5-4-12(7-23)15(22)26/h1-3,6,12H,4-5,7-11H2,(H2,22,26)/t12-/m0/s1. The van der Waals surface area contributed by atoms with Crippen LogP contribution >= 0.6 is 0 Å². The number of carbonyl (C=O) groups is 2. The Kier molecular flexibility index (Phi) is 5.08. The Morgan fingerprint density at radius 3 is 2.39 bits per heavy atom. The third-order valence-electron chi connectivity index (χ3n) is 5.88. The maximum atomic E-state index is 12.7. The molecule has 2 N–H and O–H groups in total. The van der Waals surface area contributed by atoms with Crippen LogP contribution in [0.2, 0.25) is 0 Å². The molecule has 0 aliphatic carbocycles. The number of halogens is 3. The maximum Gasteiger partial charge on any atom is 0.573 e. The number of hydrogen-bond donors (Lipinski definition) is 1. The van der Waals surface area contributed by atoms with Crippen molar-refractivity contribution in [2.24, 2.45) is 17.1 Å². The topological polar surface area (TPSA) is 113 Å². The second-order valence-corrected chi connectivity index (χ2v) is 10.2. The molecule has 1 aromatic carbocycles. The summed E-state index contributed by atoms with van der Waals surface area (Å²) in [6.45, 7) is 1.85. The molecule has 0 radical (unpaired) electrons. The van der Waals surface area contributed by atoms with E-state index < -0.39 is 28.0 Å². The number of nitrogens with two attached hydrogens (primary N) is 1. The number of benzene rings is 1. The van der Waals surface area contributed by atoms with Crippen LogP contribution in [0.5, 0.6) is 5.75 Å². The molecule has 0 aromatic heterocycles. The number of likely N-dealkylation sites (tertiary alicyclic amines) is 2. The Balaban J connectivity index is 1.33. The maximum absolute atomic E-state index is 12.7. The summed E-state index contributed by atoms with van der Waals surface area (Å²) in [7, 11) is -3.98. The van der Waals surface area contributed by atoms with Gasteiger partial charge in [-0.3, -0.25) is 4.79 Å². The lowest BCUT2D eigenvalue weighted by atomic mass is 9.74. The van der Waals surface area contributed by atoms with Crippen LogP contribution in [-0.2, 0) is 14.8 Å². The fourth-order valence-corrected chi connectivity index (χ4v) is 6.02. The molecular weight excluding hydrogens is 441 g/mol. The van der Waals surface area contributed by atoms with Crippen molar-refractivity contribution < 1.29 is 35.9 Å². The number of sulfonamides is 1. The van der Waals surface area contributed by atoms with Crippen LogP contribution in [0, 0.1) is 11.3 Å². The van der Waals surface area contributed by atoms with Gasteiger partial charge >= 0.3 is 12.4 Å². The van der Waals surface area contributed by atoms with Gasteiger partial charge in [-0.2, -0.15) is 4.31 Å². The predicted octanol–water partition coefficient (Wildman–Crippen LogP) is 0.819. The van der Waals surface area contributed by atoms with Crippen LogP contribution in [0.1, 0.15) is 6.42 Å². The minimum Gasteiger partial charge on any atom is -0.406 e. The summed E-state index contributed by atoms with van der Waals surface area (Å²) in [5.41, 5.74) is 4.93. The van der Waals surface area contributed by atoms with Gasteiger partial charge < -0.3 is 20.3 Å². The van der Waals surface area contributed by atoms with E-state index in [2.05, 4.69) is 4.74 Å². The van der Waals surface area contributed by atoms with E-state index >= 15 is 0 Å². The van der Waals surface area contributed by atoms with E-state index in [1.807, 2.05) is 0 Å². The lowest BCUT2D eigenvalue weighted by molar-refractivity contribution is -0.274. The first-order valence-corrected chi connectivity index (χ1v) is 11.0. The number of urea groups is 1. The van der Waals surface area contributed by atoms with Crippen LogP contribution in [0.4, 0.5) is 18.0 Å². The lowest BCUT2D eigenvalue weighted by Crippen LogP contribution is -2.74. The van der Waals surface area contributed by atoms with E-state index in [4.69, 9.17) is 5.73 Å². The molecule has 1 spiro atoms. The number of nitrogens with zero attached hydrogens (tertiary/aromatic N) is 3. The van der Waals surface area contributed by atoms with E-state index in [1.165, 1.54) is 16.4 Å². The summed E-state index contributed by atoms with van der Waals surface area (Å²) in [6, 6.07) is 4.06. The van der Waals surface area contributed by atoms with Crippen LogP contribution in [-0.4, -0.2) is 80.1 Å². The number of primary amides is 1. The van der Waals surface area contributed by atoms with Gasteiger partial charge in [0.05, 0.1) is 10.8 Å². The Bertz CT molecular complexity index is 1000. The van der Waals surface area contributed by atoms with E-state index in [-0.39, 0.29) is 41.9 Å². The molecule has 9 nitrogen and oxygen atoms in total. The highest BCUT2D eigenvalue weighted by Gasteiger charge is 2.57. The third-order valence-corrected chi connectivity index (χ3v) is 7.67. The van der Waals surface area contributed by atoms with Crippen molar-refractivity contribution in [3.63, 3.8) is 0 Å². The molecular formula is C18H21F3N4O5S. The summed E-state index contributed by atoms with van der Waals surface area (Å²) in [5.74, 6) is -1.38. The number of ether oxygens (including phenoxy) is 1. The molecule has 31 heavy (non-hydrogen) atoms. The molecule has 3 aliphatic heterocycles. The second kappa shape index (κ2) is 7.26. The molecule has 1 atom stereocenters. The van der Waals surface area contributed by atoms with Gasteiger partial charge in [-0.1, -0.05) is 6.07 Å². The van der Waals surface area contributed by atoms with Crippen LogP contribution in [0.25, 0.3) is 0 Å². The van der Waals surface area contributed by atoms with Gasteiger partial charge in [-0.25, -0.2) is 13.2 Å². The summed E-state index contributed by atoms with van der Waals surface area (Å²) in [4.78, 5) is 26.7. The highest BCUT2D eigenvalue weighted by Crippen LogP contribution is 2.43. The highest BCUT2D eigenvalue weighted by molar-refractivity contribution is 7.89. The number of hydrogen-bond acceptors (Lipinski definition) is 5.